The van der Waals surface area contributed by atoms with Gasteiger partial charge in [-0.15, -0.1) is 0 Å². The minimum atomic E-state index is -0.517. The summed E-state index contributed by atoms with van der Waals surface area (Å²) < 4.78 is 26.4. The Kier molecular flexibility index (Phi) is 4.30. The summed E-state index contributed by atoms with van der Waals surface area (Å²) in [5, 5.41) is 3.46. The van der Waals surface area contributed by atoms with Crippen LogP contribution in [0, 0.1) is 17.6 Å². The zero-order valence-corrected chi connectivity index (χ0v) is 10.9. The van der Waals surface area contributed by atoms with E-state index in [2.05, 4.69) is 24.1 Å². The molecule has 1 fully saturated rings. The van der Waals surface area contributed by atoms with E-state index in [0.29, 0.717) is 24.1 Å². The van der Waals surface area contributed by atoms with Gasteiger partial charge in [-0.3, -0.25) is 4.90 Å². The fourth-order valence-corrected chi connectivity index (χ4v) is 2.32. The van der Waals surface area contributed by atoms with Crippen LogP contribution in [0.5, 0.6) is 0 Å². The standard InChI is InChI=1S/C14H20F2N2/c1-10(2)14-9-18(6-5-17-14)8-11-3-4-12(15)7-13(11)16/h3-4,7,10,14,17H,5-6,8-9H2,1-2H3. The second kappa shape index (κ2) is 5.76. The quantitative estimate of drug-likeness (QED) is 0.891. The summed E-state index contributed by atoms with van der Waals surface area (Å²) in [6.07, 6.45) is 0. The van der Waals surface area contributed by atoms with E-state index in [-0.39, 0.29) is 0 Å². The summed E-state index contributed by atoms with van der Waals surface area (Å²) in [5.74, 6) is -0.405. The van der Waals surface area contributed by atoms with Crippen molar-refractivity contribution in [2.45, 2.75) is 26.4 Å². The predicted molar refractivity (Wildman–Crippen MR) is 68.3 cm³/mol. The molecule has 0 saturated carbocycles. The van der Waals surface area contributed by atoms with Gasteiger partial charge in [0.2, 0.25) is 0 Å². The molecule has 1 unspecified atom stereocenters. The minimum absolute atomic E-state index is 0.447. The van der Waals surface area contributed by atoms with E-state index in [0.717, 1.165) is 25.7 Å². The van der Waals surface area contributed by atoms with E-state index in [9.17, 15) is 8.78 Å². The molecule has 2 nitrogen and oxygen atoms in total. The molecule has 0 aromatic heterocycles. The summed E-state index contributed by atoms with van der Waals surface area (Å²) in [7, 11) is 0. The zero-order valence-electron chi connectivity index (χ0n) is 10.9. The first kappa shape index (κ1) is 13.4. The van der Waals surface area contributed by atoms with Crippen LogP contribution in [-0.4, -0.2) is 30.6 Å². The van der Waals surface area contributed by atoms with E-state index in [1.54, 1.807) is 0 Å². The van der Waals surface area contributed by atoms with Crippen molar-refractivity contribution < 1.29 is 8.78 Å². The van der Waals surface area contributed by atoms with Crippen molar-refractivity contribution in [1.82, 2.24) is 10.2 Å². The number of piperazine rings is 1. The van der Waals surface area contributed by atoms with E-state index >= 15 is 0 Å². The highest BCUT2D eigenvalue weighted by molar-refractivity contribution is 5.18. The van der Waals surface area contributed by atoms with E-state index < -0.39 is 11.6 Å². The van der Waals surface area contributed by atoms with Gasteiger partial charge in [-0.2, -0.15) is 0 Å². The van der Waals surface area contributed by atoms with Gasteiger partial charge in [-0.1, -0.05) is 19.9 Å². The van der Waals surface area contributed by atoms with Gasteiger partial charge < -0.3 is 5.32 Å². The topological polar surface area (TPSA) is 15.3 Å². The van der Waals surface area contributed by atoms with Gasteiger partial charge in [0, 0.05) is 43.9 Å². The maximum absolute atomic E-state index is 13.6. The van der Waals surface area contributed by atoms with Crippen molar-refractivity contribution in [1.29, 1.82) is 0 Å². The average Bonchev–Trinajstić information content (AvgIpc) is 2.33. The summed E-state index contributed by atoms with van der Waals surface area (Å²) in [6, 6.07) is 4.26. The van der Waals surface area contributed by atoms with Crippen LogP contribution in [0.15, 0.2) is 18.2 Å². The number of nitrogens with zero attached hydrogens (tertiary/aromatic N) is 1. The van der Waals surface area contributed by atoms with Crippen LogP contribution >= 0.6 is 0 Å². The first-order valence-corrected chi connectivity index (χ1v) is 6.46. The van der Waals surface area contributed by atoms with Gasteiger partial charge in [0.25, 0.3) is 0 Å². The highest BCUT2D eigenvalue weighted by atomic mass is 19.1. The number of hydrogen-bond acceptors (Lipinski definition) is 2. The molecule has 1 saturated heterocycles. The monoisotopic (exact) mass is 254 g/mol. The maximum atomic E-state index is 13.6. The lowest BCUT2D eigenvalue weighted by Crippen LogP contribution is -2.52. The maximum Gasteiger partial charge on any atom is 0.130 e. The molecule has 0 aliphatic carbocycles. The zero-order chi connectivity index (χ0) is 13.1. The van der Waals surface area contributed by atoms with Gasteiger partial charge in [0.15, 0.2) is 0 Å². The molecular formula is C14H20F2N2. The molecule has 1 heterocycles. The third-order valence-electron chi connectivity index (χ3n) is 3.50. The minimum Gasteiger partial charge on any atom is -0.311 e. The van der Waals surface area contributed by atoms with Crippen molar-refractivity contribution in [2.24, 2.45) is 5.92 Å². The van der Waals surface area contributed by atoms with Gasteiger partial charge in [0.1, 0.15) is 11.6 Å². The number of halogens is 2. The summed E-state index contributed by atoms with van der Waals surface area (Å²) in [5.41, 5.74) is 0.570. The highest BCUT2D eigenvalue weighted by Crippen LogP contribution is 2.15. The van der Waals surface area contributed by atoms with Crippen LogP contribution in [0.4, 0.5) is 8.78 Å². The lowest BCUT2D eigenvalue weighted by atomic mass is 10.0. The van der Waals surface area contributed by atoms with Crippen LogP contribution in [0.2, 0.25) is 0 Å². The summed E-state index contributed by atoms with van der Waals surface area (Å²) in [6.45, 7) is 7.65. The van der Waals surface area contributed by atoms with E-state index in [4.69, 9.17) is 0 Å². The number of nitrogens with one attached hydrogen (secondary N) is 1. The normalized spacial score (nSPS) is 21.5. The molecule has 100 valence electrons. The molecule has 0 bridgehead atoms. The Hall–Kier alpha value is -1.00. The van der Waals surface area contributed by atoms with E-state index in [1.807, 2.05) is 0 Å². The Labute approximate surface area is 107 Å². The molecule has 1 atom stereocenters. The Morgan fingerprint density at radius 2 is 2.17 bits per heavy atom. The molecule has 0 amide bonds. The third kappa shape index (κ3) is 3.27. The SMILES string of the molecule is CC(C)C1CN(Cc2ccc(F)cc2F)CCN1. The second-order valence-electron chi connectivity index (χ2n) is 5.28. The summed E-state index contributed by atoms with van der Waals surface area (Å²) in [4.78, 5) is 2.22. The van der Waals surface area contributed by atoms with Crippen LogP contribution in [0.1, 0.15) is 19.4 Å². The van der Waals surface area contributed by atoms with Crippen LogP contribution in [0.3, 0.4) is 0 Å². The third-order valence-corrected chi connectivity index (χ3v) is 3.50. The lowest BCUT2D eigenvalue weighted by molar-refractivity contribution is 0.167. The largest absolute Gasteiger partial charge is 0.311 e. The van der Waals surface area contributed by atoms with Crippen molar-refractivity contribution >= 4 is 0 Å². The Morgan fingerprint density at radius 3 is 2.83 bits per heavy atom. The number of benzene rings is 1. The lowest BCUT2D eigenvalue weighted by Gasteiger charge is -2.35. The Bertz CT molecular complexity index is 407. The van der Waals surface area contributed by atoms with Crippen LogP contribution in [0.25, 0.3) is 0 Å². The molecule has 0 spiro atoms. The Balaban J connectivity index is 2.00. The van der Waals surface area contributed by atoms with E-state index in [1.165, 1.54) is 12.1 Å². The molecule has 4 heteroatoms. The van der Waals surface area contributed by atoms with Crippen molar-refractivity contribution in [3.8, 4) is 0 Å². The van der Waals surface area contributed by atoms with Gasteiger partial charge in [-0.05, 0) is 12.0 Å². The molecular weight excluding hydrogens is 234 g/mol. The smallest absolute Gasteiger partial charge is 0.130 e. The molecule has 1 aromatic rings. The molecule has 1 N–H and O–H groups in total. The van der Waals surface area contributed by atoms with Crippen LogP contribution in [-0.2, 0) is 6.54 Å². The molecule has 1 aliphatic heterocycles. The van der Waals surface area contributed by atoms with Crippen molar-refractivity contribution in [2.75, 3.05) is 19.6 Å². The fourth-order valence-electron chi connectivity index (χ4n) is 2.32. The molecule has 0 radical (unpaired) electrons. The van der Waals surface area contributed by atoms with Crippen molar-refractivity contribution in [3.05, 3.63) is 35.4 Å². The molecule has 1 aromatic carbocycles. The average molecular weight is 254 g/mol. The number of hydrogen-bond donors (Lipinski definition) is 1. The second-order valence-corrected chi connectivity index (χ2v) is 5.28. The van der Waals surface area contributed by atoms with Gasteiger partial charge >= 0.3 is 0 Å². The highest BCUT2D eigenvalue weighted by Gasteiger charge is 2.22. The molecule has 2 rings (SSSR count). The first-order valence-electron chi connectivity index (χ1n) is 6.46. The number of rotatable bonds is 3. The Morgan fingerprint density at radius 1 is 1.39 bits per heavy atom. The summed E-state index contributed by atoms with van der Waals surface area (Å²) >= 11 is 0. The first-order chi connectivity index (χ1) is 8.56. The molecule has 18 heavy (non-hydrogen) atoms. The van der Waals surface area contributed by atoms with Crippen molar-refractivity contribution in [3.63, 3.8) is 0 Å². The van der Waals surface area contributed by atoms with Gasteiger partial charge in [-0.25, -0.2) is 8.78 Å². The fraction of sp³-hybridized carbons (Fsp3) is 0.571. The van der Waals surface area contributed by atoms with Gasteiger partial charge in [0.05, 0.1) is 0 Å². The predicted octanol–water partition coefficient (Wildman–Crippen LogP) is 2.39. The molecule has 1 aliphatic rings. The van der Waals surface area contributed by atoms with Crippen LogP contribution < -0.4 is 5.32 Å².